The van der Waals surface area contributed by atoms with Crippen LogP contribution in [-0.2, 0) is 16.2 Å². The number of nitrogens with zero attached hydrogens (tertiary/aromatic N) is 3. The summed E-state index contributed by atoms with van der Waals surface area (Å²) in [7, 11) is -3.56. The second-order valence-electron chi connectivity index (χ2n) is 9.12. The summed E-state index contributed by atoms with van der Waals surface area (Å²) in [4.78, 5) is 22.5. The normalized spacial score (nSPS) is 14.6. The van der Waals surface area contributed by atoms with Gasteiger partial charge in [-0.2, -0.15) is 13.2 Å². The third-order valence-corrected chi connectivity index (χ3v) is 8.24. The number of benzene rings is 2. The quantitative estimate of drug-likeness (QED) is 0.304. The van der Waals surface area contributed by atoms with E-state index in [0.29, 0.717) is 43.0 Å². The van der Waals surface area contributed by atoms with Gasteiger partial charge in [0.25, 0.3) is 5.91 Å². The fourth-order valence-electron chi connectivity index (χ4n) is 4.35. The number of para-hydroxylation sites is 1. The fourth-order valence-corrected chi connectivity index (χ4v) is 5.82. The molecule has 0 bridgehead atoms. The highest BCUT2D eigenvalue weighted by Crippen LogP contribution is 2.35. The summed E-state index contributed by atoms with van der Waals surface area (Å²) in [6.07, 6.45) is -2.81. The standard InChI is InChI=1S/C27H24F3N5O4S/c28-27(29,30)24-23(39-26(33-24)18-7-3-1-4-8-18)25(36)32-20-11-12-22(31-17-20)35-15-13-21(14-16-35)40(37,38)34-19-9-5-2-6-10-19/h1-12,17,21,34H,13-16H2,(H,32,36). The van der Waals surface area contributed by atoms with Crippen LogP contribution < -0.4 is 14.9 Å². The highest BCUT2D eigenvalue weighted by molar-refractivity contribution is 7.93. The number of rotatable bonds is 7. The molecule has 4 aromatic rings. The lowest BCUT2D eigenvalue weighted by molar-refractivity contribution is -0.141. The molecule has 1 fully saturated rings. The molecule has 208 valence electrons. The minimum atomic E-state index is -4.90. The maximum atomic E-state index is 13.6. The van der Waals surface area contributed by atoms with E-state index < -0.39 is 38.8 Å². The molecule has 0 atom stereocenters. The number of hydrogen-bond donors (Lipinski definition) is 2. The first kappa shape index (κ1) is 27.2. The van der Waals surface area contributed by atoms with Crippen molar-refractivity contribution in [2.24, 2.45) is 0 Å². The Morgan fingerprint density at radius 3 is 2.17 bits per heavy atom. The fraction of sp³-hybridized carbons (Fsp3) is 0.222. The van der Waals surface area contributed by atoms with Crippen LogP contribution in [-0.4, -0.2) is 42.6 Å². The number of alkyl halides is 3. The summed E-state index contributed by atoms with van der Waals surface area (Å²) >= 11 is 0. The van der Waals surface area contributed by atoms with Crippen molar-refractivity contribution in [1.29, 1.82) is 0 Å². The van der Waals surface area contributed by atoms with Crippen molar-refractivity contribution in [3.05, 3.63) is 90.4 Å². The summed E-state index contributed by atoms with van der Waals surface area (Å²) in [6.45, 7) is 0.878. The molecule has 0 spiro atoms. The first-order valence-corrected chi connectivity index (χ1v) is 13.9. The van der Waals surface area contributed by atoms with E-state index in [4.69, 9.17) is 4.42 Å². The molecular formula is C27H24F3N5O4S. The number of amides is 1. The van der Waals surface area contributed by atoms with E-state index in [0.717, 1.165) is 0 Å². The van der Waals surface area contributed by atoms with E-state index in [1.165, 1.54) is 24.4 Å². The van der Waals surface area contributed by atoms with Crippen molar-refractivity contribution in [3.63, 3.8) is 0 Å². The monoisotopic (exact) mass is 571 g/mol. The van der Waals surface area contributed by atoms with Gasteiger partial charge in [-0.3, -0.25) is 9.52 Å². The molecule has 1 amide bonds. The number of anilines is 3. The SMILES string of the molecule is O=C(Nc1ccc(N2CCC(S(=O)(=O)Nc3ccccc3)CC2)nc1)c1oc(-c2ccccc2)nc1C(F)(F)F. The smallest absolute Gasteiger partial charge is 0.430 e. The van der Waals surface area contributed by atoms with E-state index >= 15 is 0 Å². The lowest BCUT2D eigenvalue weighted by Crippen LogP contribution is -2.41. The third kappa shape index (κ3) is 6.09. The molecule has 1 saturated heterocycles. The molecule has 5 rings (SSSR count). The summed E-state index contributed by atoms with van der Waals surface area (Å²) < 4.78 is 74.1. The van der Waals surface area contributed by atoms with Crippen LogP contribution in [0.25, 0.3) is 11.5 Å². The first-order valence-electron chi connectivity index (χ1n) is 12.3. The highest BCUT2D eigenvalue weighted by Gasteiger charge is 2.41. The van der Waals surface area contributed by atoms with Crippen LogP contribution in [0.5, 0.6) is 0 Å². The molecule has 0 unspecified atom stereocenters. The third-order valence-electron chi connectivity index (χ3n) is 6.37. The van der Waals surface area contributed by atoms with Crippen LogP contribution in [0.15, 0.2) is 83.4 Å². The molecule has 9 nitrogen and oxygen atoms in total. The van der Waals surface area contributed by atoms with Crippen molar-refractivity contribution < 1.29 is 30.8 Å². The second-order valence-corrected chi connectivity index (χ2v) is 11.1. The lowest BCUT2D eigenvalue weighted by Gasteiger charge is -2.32. The summed E-state index contributed by atoms with van der Waals surface area (Å²) in [6, 6.07) is 19.7. The largest absolute Gasteiger partial charge is 0.437 e. The van der Waals surface area contributed by atoms with Gasteiger partial charge in [0.2, 0.25) is 21.7 Å². The number of aromatic nitrogens is 2. The molecule has 2 N–H and O–H groups in total. The van der Waals surface area contributed by atoms with Crippen LogP contribution in [0, 0.1) is 0 Å². The van der Waals surface area contributed by atoms with E-state index in [9.17, 15) is 26.4 Å². The van der Waals surface area contributed by atoms with Crippen LogP contribution in [0.2, 0.25) is 0 Å². The van der Waals surface area contributed by atoms with Gasteiger partial charge in [0.15, 0.2) is 5.69 Å². The minimum Gasteiger partial charge on any atom is -0.430 e. The van der Waals surface area contributed by atoms with Gasteiger partial charge in [-0.15, -0.1) is 0 Å². The van der Waals surface area contributed by atoms with Gasteiger partial charge in [0, 0.05) is 24.3 Å². The van der Waals surface area contributed by atoms with E-state index in [1.54, 1.807) is 54.6 Å². The minimum absolute atomic E-state index is 0.157. The molecule has 2 aromatic heterocycles. The summed E-state index contributed by atoms with van der Waals surface area (Å²) in [5.74, 6) is -1.85. The number of piperidine rings is 1. The number of halogens is 3. The van der Waals surface area contributed by atoms with Gasteiger partial charge >= 0.3 is 6.18 Å². The molecule has 1 aliphatic heterocycles. The first-order chi connectivity index (χ1) is 19.1. The zero-order valence-corrected chi connectivity index (χ0v) is 21.7. The number of oxazole rings is 1. The highest BCUT2D eigenvalue weighted by atomic mass is 32.2. The number of carbonyl (C=O) groups is 1. The maximum Gasteiger partial charge on any atom is 0.437 e. The van der Waals surface area contributed by atoms with Crippen LogP contribution in [0.4, 0.5) is 30.4 Å². The second kappa shape index (κ2) is 11.0. The molecular weight excluding hydrogens is 547 g/mol. The number of hydrogen-bond acceptors (Lipinski definition) is 7. The lowest BCUT2D eigenvalue weighted by atomic mass is 10.1. The molecule has 40 heavy (non-hydrogen) atoms. The molecule has 3 heterocycles. The van der Waals surface area contributed by atoms with Crippen molar-refractivity contribution in [2.75, 3.05) is 28.0 Å². The average molecular weight is 572 g/mol. The Balaban J connectivity index is 1.23. The van der Waals surface area contributed by atoms with E-state index in [-0.39, 0.29) is 11.6 Å². The summed E-state index contributed by atoms with van der Waals surface area (Å²) in [5, 5.41) is 1.81. The Morgan fingerprint density at radius 2 is 1.57 bits per heavy atom. The van der Waals surface area contributed by atoms with E-state index in [2.05, 4.69) is 20.0 Å². The van der Waals surface area contributed by atoms with Gasteiger partial charge in [-0.1, -0.05) is 36.4 Å². The van der Waals surface area contributed by atoms with Crippen molar-refractivity contribution >= 4 is 33.1 Å². The Labute approximate surface area is 228 Å². The molecule has 2 aromatic carbocycles. The zero-order valence-electron chi connectivity index (χ0n) is 20.9. The van der Waals surface area contributed by atoms with Gasteiger partial charge in [-0.05, 0) is 49.2 Å². The van der Waals surface area contributed by atoms with Crippen molar-refractivity contribution in [2.45, 2.75) is 24.3 Å². The van der Waals surface area contributed by atoms with Gasteiger partial charge < -0.3 is 14.6 Å². The predicted molar refractivity (Wildman–Crippen MR) is 143 cm³/mol. The Hall–Kier alpha value is -4.39. The molecule has 0 aliphatic carbocycles. The Bertz CT molecular complexity index is 1570. The van der Waals surface area contributed by atoms with Gasteiger partial charge in [0.05, 0.1) is 17.1 Å². The number of carbonyl (C=O) groups excluding carboxylic acids is 1. The average Bonchev–Trinajstić information content (AvgIpc) is 3.41. The molecule has 13 heteroatoms. The summed E-state index contributed by atoms with van der Waals surface area (Å²) in [5.41, 5.74) is -0.462. The van der Waals surface area contributed by atoms with E-state index in [1.807, 2.05) is 4.90 Å². The number of sulfonamides is 1. The van der Waals surface area contributed by atoms with Crippen LogP contribution >= 0.6 is 0 Å². The zero-order chi connectivity index (χ0) is 28.3. The maximum absolute atomic E-state index is 13.6. The molecule has 0 saturated carbocycles. The van der Waals surface area contributed by atoms with Gasteiger partial charge in [-0.25, -0.2) is 18.4 Å². The Morgan fingerprint density at radius 1 is 0.925 bits per heavy atom. The topological polar surface area (TPSA) is 117 Å². The number of nitrogens with one attached hydrogen (secondary N) is 2. The van der Waals surface area contributed by atoms with Crippen LogP contribution in [0.3, 0.4) is 0 Å². The van der Waals surface area contributed by atoms with Crippen molar-refractivity contribution in [1.82, 2.24) is 9.97 Å². The predicted octanol–water partition coefficient (Wildman–Crippen LogP) is 5.42. The molecule has 0 radical (unpaired) electrons. The van der Waals surface area contributed by atoms with Crippen LogP contribution in [0.1, 0.15) is 29.1 Å². The van der Waals surface area contributed by atoms with Gasteiger partial charge in [0.1, 0.15) is 5.82 Å². The number of pyridine rings is 1. The molecule has 1 aliphatic rings. The Kier molecular flexibility index (Phi) is 7.48. The van der Waals surface area contributed by atoms with Crippen molar-refractivity contribution in [3.8, 4) is 11.5 Å².